The van der Waals surface area contributed by atoms with Gasteiger partial charge in [0.1, 0.15) is 0 Å². The monoisotopic (exact) mass is 366 g/mol. The zero-order chi connectivity index (χ0) is 17.8. The van der Waals surface area contributed by atoms with E-state index < -0.39 is 0 Å². The molecule has 4 rings (SSSR count). The number of nitrogens with zero attached hydrogens (tertiary/aromatic N) is 3. The van der Waals surface area contributed by atoms with Crippen molar-refractivity contribution in [2.45, 2.75) is 13.0 Å². The summed E-state index contributed by atoms with van der Waals surface area (Å²) in [6, 6.07) is 15.2. The number of benzene rings is 1. The first-order chi connectivity index (χ1) is 12.8. The van der Waals surface area contributed by atoms with Gasteiger partial charge in [0.2, 0.25) is 17.6 Å². The van der Waals surface area contributed by atoms with Crippen LogP contribution in [0.4, 0.5) is 0 Å². The zero-order valence-corrected chi connectivity index (χ0v) is 14.4. The molecule has 0 saturated carbocycles. The molecule has 0 aliphatic heterocycles. The van der Waals surface area contributed by atoms with E-state index >= 15 is 0 Å². The molecule has 0 aliphatic carbocycles. The van der Waals surface area contributed by atoms with Gasteiger partial charge in [-0.1, -0.05) is 46.7 Å². The molecule has 8 heteroatoms. The van der Waals surface area contributed by atoms with Crippen LogP contribution in [0.5, 0.6) is 0 Å². The lowest BCUT2D eigenvalue weighted by atomic mass is 10.1. The van der Waals surface area contributed by atoms with Crippen LogP contribution in [0.2, 0.25) is 0 Å². The molecule has 1 N–H and O–H groups in total. The number of nitrogens with one attached hydrogen (secondary N) is 1. The summed E-state index contributed by atoms with van der Waals surface area (Å²) in [6.07, 6.45) is 0.113. The number of rotatable bonds is 6. The third-order valence-corrected chi connectivity index (χ3v) is 4.47. The highest BCUT2D eigenvalue weighted by molar-refractivity contribution is 7.13. The fraction of sp³-hybridized carbons (Fsp3) is 0.111. The average molecular weight is 366 g/mol. The van der Waals surface area contributed by atoms with Crippen LogP contribution in [0.1, 0.15) is 11.6 Å². The van der Waals surface area contributed by atoms with Crippen molar-refractivity contribution in [2.75, 3.05) is 0 Å². The Morgan fingerprint density at radius 1 is 1.08 bits per heavy atom. The third-order valence-electron chi connectivity index (χ3n) is 3.61. The molecule has 1 aromatic carbocycles. The van der Waals surface area contributed by atoms with Crippen LogP contribution in [0.3, 0.4) is 0 Å². The molecule has 0 fully saturated rings. The maximum Gasteiger partial charge on any atom is 0.246 e. The Bertz CT molecular complexity index is 993. The van der Waals surface area contributed by atoms with Crippen LogP contribution in [0, 0.1) is 0 Å². The first-order valence-electron chi connectivity index (χ1n) is 7.92. The SMILES string of the molecule is O=C(Cc1cc(-c2ccccc2)on1)NCc1nc(-c2cccs2)no1. The highest BCUT2D eigenvalue weighted by Crippen LogP contribution is 2.21. The zero-order valence-electron chi connectivity index (χ0n) is 13.6. The van der Waals surface area contributed by atoms with Crippen LogP contribution in [-0.2, 0) is 17.8 Å². The maximum absolute atomic E-state index is 12.1. The highest BCUT2D eigenvalue weighted by Gasteiger charge is 2.13. The molecule has 3 heterocycles. The second kappa shape index (κ2) is 7.32. The first-order valence-corrected chi connectivity index (χ1v) is 8.80. The van der Waals surface area contributed by atoms with E-state index in [0.29, 0.717) is 23.2 Å². The Morgan fingerprint density at radius 2 is 1.96 bits per heavy atom. The van der Waals surface area contributed by atoms with Gasteiger partial charge in [-0.3, -0.25) is 4.79 Å². The number of thiophene rings is 1. The minimum atomic E-state index is -0.200. The van der Waals surface area contributed by atoms with Crippen molar-refractivity contribution >= 4 is 17.2 Å². The summed E-state index contributed by atoms with van der Waals surface area (Å²) in [4.78, 5) is 17.3. The van der Waals surface area contributed by atoms with Gasteiger partial charge in [0.25, 0.3) is 0 Å². The Balaban J connectivity index is 1.33. The van der Waals surface area contributed by atoms with E-state index in [9.17, 15) is 4.79 Å². The smallest absolute Gasteiger partial charge is 0.246 e. The second-order valence-corrected chi connectivity index (χ2v) is 6.44. The highest BCUT2D eigenvalue weighted by atomic mass is 32.1. The fourth-order valence-corrected chi connectivity index (χ4v) is 3.02. The van der Waals surface area contributed by atoms with E-state index in [1.54, 1.807) is 6.07 Å². The molecule has 1 amide bonds. The third kappa shape index (κ3) is 3.70. The van der Waals surface area contributed by atoms with E-state index in [1.807, 2.05) is 47.8 Å². The van der Waals surface area contributed by atoms with E-state index in [0.717, 1.165) is 10.4 Å². The van der Waals surface area contributed by atoms with Gasteiger partial charge in [-0.2, -0.15) is 4.98 Å². The van der Waals surface area contributed by atoms with Gasteiger partial charge in [0.05, 0.1) is 23.5 Å². The van der Waals surface area contributed by atoms with Crippen LogP contribution < -0.4 is 5.32 Å². The Hall–Kier alpha value is -3.26. The van der Waals surface area contributed by atoms with Crippen molar-refractivity contribution < 1.29 is 13.8 Å². The molecule has 0 unspecified atom stereocenters. The lowest BCUT2D eigenvalue weighted by Gasteiger charge is -1.99. The minimum Gasteiger partial charge on any atom is -0.356 e. The van der Waals surface area contributed by atoms with Crippen molar-refractivity contribution in [3.63, 3.8) is 0 Å². The standard InChI is InChI=1S/C18H14N4O3S/c23-16(10-13-9-14(24-21-13)12-5-2-1-3-6-12)19-11-17-20-18(22-25-17)15-7-4-8-26-15/h1-9H,10-11H2,(H,19,23). The molecule has 26 heavy (non-hydrogen) atoms. The molecular weight excluding hydrogens is 352 g/mol. The lowest BCUT2D eigenvalue weighted by molar-refractivity contribution is -0.120. The molecule has 0 atom stereocenters. The fourth-order valence-electron chi connectivity index (χ4n) is 2.37. The van der Waals surface area contributed by atoms with Gasteiger partial charge in [-0.05, 0) is 11.4 Å². The molecule has 130 valence electrons. The van der Waals surface area contributed by atoms with Gasteiger partial charge >= 0.3 is 0 Å². The quantitative estimate of drug-likeness (QED) is 0.563. The Labute approximate surface area is 152 Å². The van der Waals surface area contributed by atoms with Crippen molar-refractivity contribution in [2.24, 2.45) is 0 Å². The number of hydrogen-bond donors (Lipinski definition) is 1. The normalized spacial score (nSPS) is 10.8. The summed E-state index contributed by atoms with van der Waals surface area (Å²) >= 11 is 1.52. The largest absolute Gasteiger partial charge is 0.356 e. The predicted octanol–water partition coefficient (Wildman–Crippen LogP) is 3.31. The van der Waals surface area contributed by atoms with Crippen LogP contribution in [0.15, 0.2) is 63.0 Å². The van der Waals surface area contributed by atoms with E-state index in [-0.39, 0.29) is 18.9 Å². The van der Waals surface area contributed by atoms with Crippen molar-refractivity contribution in [3.05, 3.63) is 65.5 Å². The van der Waals surface area contributed by atoms with Gasteiger partial charge < -0.3 is 14.4 Å². The van der Waals surface area contributed by atoms with Gasteiger partial charge in [0.15, 0.2) is 5.76 Å². The molecule has 7 nitrogen and oxygen atoms in total. The molecule has 0 bridgehead atoms. The van der Waals surface area contributed by atoms with Crippen molar-refractivity contribution in [3.8, 4) is 22.0 Å². The van der Waals surface area contributed by atoms with E-state index in [2.05, 4.69) is 20.6 Å². The van der Waals surface area contributed by atoms with Crippen LogP contribution in [0.25, 0.3) is 22.0 Å². The van der Waals surface area contributed by atoms with Crippen molar-refractivity contribution in [1.82, 2.24) is 20.6 Å². The summed E-state index contributed by atoms with van der Waals surface area (Å²) in [5.41, 5.74) is 1.48. The van der Waals surface area contributed by atoms with Gasteiger partial charge in [0, 0.05) is 11.6 Å². The second-order valence-electron chi connectivity index (χ2n) is 5.49. The number of aromatic nitrogens is 3. The molecule has 0 saturated heterocycles. The topological polar surface area (TPSA) is 94.1 Å². The number of carbonyl (C=O) groups excluding carboxylic acids is 1. The number of carbonyl (C=O) groups is 1. The molecule has 0 radical (unpaired) electrons. The summed E-state index contributed by atoms with van der Waals surface area (Å²) in [6.45, 7) is 0.167. The van der Waals surface area contributed by atoms with E-state index in [4.69, 9.17) is 9.05 Å². The molecule has 0 aliphatic rings. The summed E-state index contributed by atoms with van der Waals surface area (Å²) in [5, 5.41) is 12.5. The molecule has 0 spiro atoms. The molecule has 4 aromatic rings. The van der Waals surface area contributed by atoms with Crippen LogP contribution in [-0.4, -0.2) is 21.2 Å². The lowest BCUT2D eigenvalue weighted by Crippen LogP contribution is -2.24. The molecule has 3 aromatic heterocycles. The average Bonchev–Trinajstić information content (AvgIpc) is 3.41. The summed E-state index contributed by atoms with van der Waals surface area (Å²) in [7, 11) is 0. The summed E-state index contributed by atoms with van der Waals surface area (Å²) < 4.78 is 10.4. The first kappa shape index (κ1) is 16.2. The van der Waals surface area contributed by atoms with Gasteiger partial charge in [-0.25, -0.2) is 0 Å². The maximum atomic E-state index is 12.1. The molecular formula is C18H14N4O3S. The Morgan fingerprint density at radius 3 is 2.77 bits per heavy atom. The number of amides is 1. The minimum absolute atomic E-state index is 0.113. The van der Waals surface area contributed by atoms with Crippen molar-refractivity contribution in [1.29, 1.82) is 0 Å². The van der Waals surface area contributed by atoms with E-state index in [1.165, 1.54) is 11.3 Å². The summed E-state index contributed by atoms with van der Waals surface area (Å²) in [5.74, 6) is 1.31. The predicted molar refractivity (Wildman–Crippen MR) is 95.1 cm³/mol. The Kier molecular flexibility index (Phi) is 4.57. The van der Waals surface area contributed by atoms with Gasteiger partial charge in [-0.15, -0.1) is 11.3 Å². The van der Waals surface area contributed by atoms with Crippen LogP contribution >= 0.6 is 11.3 Å². The number of hydrogen-bond acceptors (Lipinski definition) is 7.